The van der Waals surface area contributed by atoms with Crippen molar-refractivity contribution < 1.29 is 14.3 Å². The number of carbonyl (C=O) groups excluding carboxylic acids is 1. The molecule has 2 aliphatic heterocycles. The number of hydrogen-bond acceptors (Lipinski definition) is 3. The Kier molecular flexibility index (Phi) is 3.84. The van der Waals surface area contributed by atoms with Crippen molar-refractivity contribution in [3.63, 3.8) is 0 Å². The summed E-state index contributed by atoms with van der Waals surface area (Å²) in [6, 6.07) is 5.74. The fourth-order valence-corrected chi connectivity index (χ4v) is 3.12. The first-order valence-corrected chi connectivity index (χ1v) is 7.72. The quantitative estimate of drug-likeness (QED) is 0.789. The zero-order valence-electron chi connectivity index (χ0n) is 11.5. The second kappa shape index (κ2) is 5.47. The normalized spacial score (nSPS) is 21.4. The molecule has 1 aromatic rings. The van der Waals surface area contributed by atoms with Crippen molar-refractivity contribution in [2.24, 2.45) is 0 Å². The van der Waals surface area contributed by atoms with Gasteiger partial charge in [0.05, 0.1) is 13.2 Å². The van der Waals surface area contributed by atoms with E-state index in [0.717, 1.165) is 28.4 Å². The van der Waals surface area contributed by atoms with Crippen LogP contribution in [0.5, 0.6) is 0 Å². The molecule has 1 aromatic carbocycles. The lowest BCUT2D eigenvalue weighted by Crippen LogP contribution is -2.47. The average molecular weight is 340 g/mol. The van der Waals surface area contributed by atoms with Crippen LogP contribution in [0.25, 0.3) is 0 Å². The van der Waals surface area contributed by atoms with E-state index in [0.29, 0.717) is 26.3 Å². The predicted octanol–water partition coefficient (Wildman–Crippen LogP) is 2.74. The SMILES string of the molecule is Cc1ccc(C(=O)N2CCC3(CC2)OCCO3)cc1Br. The summed E-state index contributed by atoms with van der Waals surface area (Å²) in [6.07, 6.45) is 1.51. The molecule has 0 aliphatic carbocycles. The summed E-state index contributed by atoms with van der Waals surface area (Å²) >= 11 is 3.48. The molecule has 2 heterocycles. The van der Waals surface area contributed by atoms with Gasteiger partial charge >= 0.3 is 0 Å². The van der Waals surface area contributed by atoms with Crippen molar-refractivity contribution in [1.82, 2.24) is 4.90 Å². The summed E-state index contributed by atoms with van der Waals surface area (Å²) in [5, 5.41) is 0. The molecule has 0 bridgehead atoms. The lowest BCUT2D eigenvalue weighted by atomic mass is 10.0. The number of likely N-dealkylation sites (tertiary alicyclic amines) is 1. The third kappa shape index (κ3) is 2.62. The number of ether oxygens (including phenoxy) is 2. The van der Waals surface area contributed by atoms with Gasteiger partial charge in [-0.1, -0.05) is 22.0 Å². The number of halogens is 1. The Morgan fingerprint density at radius 1 is 1.25 bits per heavy atom. The zero-order valence-corrected chi connectivity index (χ0v) is 13.1. The van der Waals surface area contributed by atoms with Gasteiger partial charge in [0.15, 0.2) is 5.79 Å². The molecule has 0 radical (unpaired) electrons. The molecule has 0 atom stereocenters. The molecule has 2 saturated heterocycles. The van der Waals surface area contributed by atoms with E-state index < -0.39 is 5.79 Å². The lowest BCUT2D eigenvalue weighted by molar-refractivity contribution is -0.181. The molecule has 2 aliphatic rings. The Morgan fingerprint density at radius 3 is 2.50 bits per heavy atom. The molecule has 0 saturated carbocycles. The highest BCUT2D eigenvalue weighted by Gasteiger charge is 2.40. The minimum Gasteiger partial charge on any atom is -0.347 e. The van der Waals surface area contributed by atoms with Gasteiger partial charge < -0.3 is 14.4 Å². The second-order valence-electron chi connectivity index (χ2n) is 5.36. The molecular weight excluding hydrogens is 322 g/mol. The smallest absolute Gasteiger partial charge is 0.253 e. The average Bonchev–Trinajstić information content (AvgIpc) is 2.90. The Bertz CT molecular complexity index is 516. The van der Waals surface area contributed by atoms with E-state index in [1.54, 1.807) is 0 Å². The van der Waals surface area contributed by atoms with Crippen LogP contribution in [0.2, 0.25) is 0 Å². The summed E-state index contributed by atoms with van der Waals surface area (Å²) in [7, 11) is 0. The van der Waals surface area contributed by atoms with Gasteiger partial charge in [0.25, 0.3) is 5.91 Å². The number of benzene rings is 1. The van der Waals surface area contributed by atoms with Crippen LogP contribution in [0.1, 0.15) is 28.8 Å². The van der Waals surface area contributed by atoms with E-state index in [1.807, 2.05) is 30.0 Å². The van der Waals surface area contributed by atoms with Gasteiger partial charge in [0.1, 0.15) is 0 Å². The third-order valence-corrected chi connectivity index (χ3v) is 4.90. The molecule has 0 aromatic heterocycles. The maximum Gasteiger partial charge on any atom is 0.253 e. The van der Waals surface area contributed by atoms with Crippen LogP contribution in [0, 0.1) is 6.92 Å². The monoisotopic (exact) mass is 339 g/mol. The van der Waals surface area contributed by atoms with Gasteiger partial charge in [-0.2, -0.15) is 0 Å². The summed E-state index contributed by atoms with van der Waals surface area (Å²) in [6.45, 7) is 4.71. The minimum atomic E-state index is -0.426. The molecule has 1 amide bonds. The molecule has 5 heteroatoms. The molecule has 2 fully saturated rings. The number of nitrogens with zero attached hydrogens (tertiary/aromatic N) is 1. The second-order valence-corrected chi connectivity index (χ2v) is 6.22. The van der Waals surface area contributed by atoms with Gasteiger partial charge in [-0.25, -0.2) is 0 Å². The van der Waals surface area contributed by atoms with E-state index in [-0.39, 0.29) is 5.91 Å². The minimum absolute atomic E-state index is 0.0820. The molecule has 0 unspecified atom stereocenters. The van der Waals surface area contributed by atoms with E-state index in [2.05, 4.69) is 15.9 Å². The van der Waals surface area contributed by atoms with E-state index >= 15 is 0 Å². The van der Waals surface area contributed by atoms with E-state index in [4.69, 9.17) is 9.47 Å². The number of amides is 1. The topological polar surface area (TPSA) is 38.8 Å². The standard InChI is InChI=1S/C15H18BrNO3/c1-11-2-3-12(10-13(11)16)14(18)17-6-4-15(5-7-17)19-8-9-20-15/h2-3,10H,4-9H2,1H3. The van der Waals surface area contributed by atoms with Gasteiger partial charge in [-0.3, -0.25) is 4.79 Å². The zero-order chi connectivity index (χ0) is 14.2. The molecule has 20 heavy (non-hydrogen) atoms. The largest absolute Gasteiger partial charge is 0.347 e. The van der Waals surface area contributed by atoms with Crippen LogP contribution >= 0.6 is 15.9 Å². The van der Waals surface area contributed by atoms with Crippen molar-refractivity contribution in [3.05, 3.63) is 33.8 Å². The van der Waals surface area contributed by atoms with Crippen LogP contribution in [0.15, 0.2) is 22.7 Å². The highest BCUT2D eigenvalue weighted by molar-refractivity contribution is 9.10. The number of hydrogen-bond donors (Lipinski definition) is 0. The predicted molar refractivity (Wildman–Crippen MR) is 78.7 cm³/mol. The molecule has 3 rings (SSSR count). The number of carbonyl (C=O) groups is 1. The van der Waals surface area contributed by atoms with Gasteiger partial charge in [-0.05, 0) is 24.6 Å². The summed E-state index contributed by atoms with van der Waals surface area (Å²) in [4.78, 5) is 14.4. The molecule has 1 spiro atoms. The van der Waals surface area contributed by atoms with Gasteiger partial charge in [0, 0.05) is 36.0 Å². The van der Waals surface area contributed by atoms with Crippen molar-refractivity contribution in [1.29, 1.82) is 0 Å². The van der Waals surface area contributed by atoms with Crippen molar-refractivity contribution in [2.45, 2.75) is 25.6 Å². The van der Waals surface area contributed by atoms with Crippen molar-refractivity contribution in [2.75, 3.05) is 26.3 Å². The highest BCUT2D eigenvalue weighted by Crippen LogP contribution is 2.32. The Hall–Kier alpha value is -0.910. The fourth-order valence-electron chi connectivity index (χ4n) is 2.74. The maximum absolute atomic E-state index is 12.5. The van der Waals surface area contributed by atoms with Crippen molar-refractivity contribution >= 4 is 21.8 Å². The van der Waals surface area contributed by atoms with Crippen LogP contribution < -0.4 is 0 Å². The van der Waals surface area contributed by atoms with Crippen LogP contribution in [-0.4, -0.2) is 42.9 Å². The molecule has 4 nitrogen and oxygen atoms in total. The third-order valence-electron chi connectivity index (χ3n) is 4.04. The fraction of sp³-hybridized carbons (Fsp3) is 0.533. The van der Waals surface area contributed by atoms with E-state index in [9.17, 15) is 4.79 Å². The highest BCUT2D eigenvalue weighted by atomic mass is 79.9. The summed E-state index contributed by atoms with van der Waals surface area (Å²) < 4.78 is 12.3. The molecular formula is C15H18BrNO3. The maximum atomic E-state index is 12.5. The summed E-state index contributed by atoms with van der Waals surface area (Å²) in [5.41, 5.74) is 1.86. The Labute approximate surface area is 127 Å². The summed E-state index contributed by atoms with van der Waals surface area (Å²) in [5.74, 6) is -0.344. The Balaban J connectivity index is 1.68. The van der Waals surface area contributed by atoms with Crippen molar-refractivity contribution in [3.8, 4) is 0 Å². The first-order valence-electron chi connectivity index (χ1n) is 6.93. The lowest BCUT2D eigenvalue weighted by Gasteiger charge is -2.37. The molecule has 0 N–H and O–H groups in total. The number of aryl methyl sites for hydroxylation is 1. The number of piperidine rings is 1. The van der Waals surface area contributed by atoms with E-state index in [1.165, 1.54) is 0 Å². The van der Waals surface area contributed by atoms with Crippen LogP contribution in [-0.2, 0) is 9.47 Å². The Morgan fingerprint density at radius 2 is 1.90 bits per heavy atom. The van der Waals surface area contributed by atoms with Crippen LogP contribution in [0.3, 0.4) is 0 Å². The van der Waals surface area contributed by atoms with Gasteiger partial charge in [-0.15, -0.1) is 0 Å². The van der Waals surface area contributed by atoms with Crippen LogP contribution in [0.4, 0.5) is 0 Å². The first-order chi connectivity index (χ1) is 9.60. The molecule has 108 valence electrons. The number of rotatable bonds is 1. The first kappa shape index (κ1) is 14.0. The van der Waals surface area contributed by atoms with Gasteiger partial charge in [0.2, 0.25) is 0 Å².